The van der Waals surface area contributed by atoms with E-state index in [0.717, 1.165) is 6.07 Å². The second-order valence-electron chi connectivity index (χ2n) is 2.00. The van der Waals surface area contributed by atoms with Crippen molar-refractivity contribution in [3.8, 4) is 0 Å². The minimum absolute atomic E-state index is 0.0546. The lowest BCUT2D eigenvalue weighted by Gasteiger charge is -2.00. The number of carbonyl (C=O) groups excluding carboxylic acids is 1. The molecule has 64 valence electrons. The molecule has 0 bridgehead atoms. The van der Waals surface area contributed by atoms with Gasteiger partial charge in [0.25, 0.3) is 0 Å². The highest BCUT2D eigenvalue weighted by Crippen LogP contribution is 2.19. The topological polar surface area (TPSA) is 17.1 Å². The molecule has 0 spiro atoms. The molecule has 12 heavy (non-hydrogen) atoms. The summed E-state index contributed by atoms with van der Waals surface area (Å²) in [6.07, 6.45) is 0.152. The number of carbonyl (C=O) groups is 1. The van der Waals surface area contributed by atoms with Crippen molar-refractivity contribution in [2.24, 2.45) is 0 Å². The molecule has 0 aliphatic heterocycles. The van der Waals surface area contributed by atoms with Gasteiger partial charge in [0, 0.05) is 3.57 Å². The van der Waals surface area contributed by atoms with Gasteiger partial charge >= 0.3 is 0 Å². The largest absolute Gasteiger partial charge is 0.298 e. The first-order valence-corrected chi connectivity index (χ1v) is 3.94. The molecule has 1 nitrogen and oxygen atoms in total. The van der Waals surface area contributed by atoms with E-state index < -0.39 is 23.0 Å². The molecule has 0 aromatic heterocycles. The molecule has 1 rings (SSSR count). The maximum absolute atomic E-state index is 12.7. The summed E-state index contributed by atoms with van der Waals surface area (Å²) >= 11 is 1.55. The van der Waals surface area contributed by atoms with E-state index in [9.17, 15) is 18.0 Å². The monoisotopic (exact) mass is 286 g/mol. The molecule has 0 atom stereocenters. The molecular formula is C7H2F3IO. The van der Waals surface area contributed by atoms with Gasteiger partial charge in [0.15, 0.2) is 23.7 Å². The summed E-state index contributed by atoms with van der Waals surface area (Å²) in [6.45, 7) is 0. The van der Waals surface area contributed by atoms with Gasteiger partial charge in [0.1, 0.15) is 0 Å². The molecule has 0 amide bonds. The van der Waals surface area contributed by atoms with E-state index in [4.69, 9.17) is 0 Å². The fourth-order valence-electron chi connectivity index (χ4n) is 0.688. The fraction of sp³-hybridized carbons (Fsp3) is 0. The second kappa shape index (κ2) is 3.42. The van der Waals surface area contributed by atoms with Crippen LogP contribution in [0.15, 0.2) is 6.07 Å². The third-order valence-corrected chi connectivity index (χ3v) is 2.16. The van der Waals surface area contributed by atoms with Crippen LogP contribution in [0, 0.1) is 21.0 Å². The normalized spacial score (nSPS) is 10.0. The van der Waals surface area contributed by atoms with E-state index in [0.29, 0.717) is 0 Å². The number of hydrogen-bond acceptors (Lipinski definition) is 1. The molecule has 0 N–H and O–H groups in total. The molecule has 0 saturated heterocycles. The lowest BCUT2D eigenvalue weighted by molar-refractivity contribution is 0.111. The van der Waals surface area contributed by atoms with E-state index >= 15 is 0 Å². The number of aldehydes is 1. The lowest BCUT2D eigenvalue weighted by atomic mass is 10.2. The Labute approximate surface area is 79.7 Å². The highest BCUT2D eigenvalue weighted by atomic mass is 127. The van der Waals surface area contributed by atoms with E-state index in [1.54, 1.807) is 22.6 Å². The molecule has 5 heteroatoms. The molecule has 0 unspecified atom stereocenters. The van der Waals surface area contributed by atoms with Crippen LogP contribution in [-0.4, -0.2) is 6.29 Å². The fourth-order valence-corrected chi connectivity index (χ4v) is 1.33. The Hall–Kier alpha value is -0.590. The Morgan fingerprint density at radius 2 is 1.83 bits per heavy atom. The maximum atomic E-state index is 12.7. The minimum Gasteiger partial charge on any atom is -0.298 e. The first-order chi connectivity index (χ1) is 5.57. The minimum atomic E-state index is -1.61. The molecule has 0 fully saturated rings. The summed E-state index contributed by atoms with van der Waals surface area (Å²) in [5.41, 5.74) is -0.450. The van der Waals surface area contributed by atoms with Crippen LogP contribution in [0.3, 0.4) is 0 Å². The number of hydrogen-bond donors (Lipinski definition) is 0. The van der Waals surface area contributed by atoms with Crippen LogP contribution in [0.5, 0.6) is 0 Å². The van der Waals surface area contributed by atoms with Crippen LogP contribution in [0.25, 0.3) is 0 Å². The van der Waals surface area contributed by atoms with Crippen molar-refractivity contribution < 1.29 is 18.0 Å². The van der Waals surface area contributed by atoms with E-state index in [2.05, 4.69) is 0 Å². The zero-order valence-corrected chi connectivity index (χ0v) is 7.73. The first kappa shape index (κ1) is 9.50. The average molecular weight is 286 g/mol. The average Bonchev–Trinajstić information content (AvgIpc) is 2.01. The van der Waals surface area contributed by atoms with Crippen LogP contribution >= 0.6 is 22.6 Å². The van der Waals surface area contributed by atoms with Gasteiger partial charge in [-0.3, -0.25) is 4.79 Å². The highest BCUT2D eigenvalue weighted by molar-refractivity contribution is 14.1. The van der Waals surface area contributed by atoms with Gasteiger partial charge in [-0.1, -0.05) is 0 Å². The van der Waals surface area contributed by atoms with Gasteiger partial charge in [-0.25, -0.2) is 13.2 Å². The van der Waals surface area contributed by atoms with Gasteiger partial charge in [0.05, 0.1) is 5.56 Å². The molecule has 0 heterocycles. The molecule has 1 aromatic carbocycles. The van der Waals surface area contributed by atoms with Crippen molar-refractivity contribution in [1.82, 2.24) is 0 Å². The third-order valence-electron chi connectivity index (χ3n) is 1.27. The van der Waals surface area contributed by atoms with Crippen LogP contribution in [-0.2, 0) is 0 Å². The summed E-state index contributed by atoms with van der Waals surface area (Å²) in [5.74, 6) is -4.34. The van der Waals surface area contributed by atoms with Gasteiger partial charge in [-0.05, 0) is 28.7 Å². The van der Waals surface area contributed by atoms with Crippen LogP contribution < -0.4 is 0 Å². The summed E-state index contributed by atoms with van der Waals surface area (Å²) < 4.78 is 37.6. The maximum Gasteiger partial charge on any atom is 0.195 e. The smallest absolute Gasteiger partial charge is 0.195 e. The van der Waals surface area contributed by atoms with Gasteiger partial charge in [0.2, 0.25) is 0 Å². The molecule has 1 aromatic rings. The Morgan fingerprint density at radius 1 is 1.25 bits per heavy atom. The molecule has 0 aliphatic rings. The van der Waals surface area contributed by atoms with Crippen molar-refractivity contribution in [2.75, 3.05) is 0 Å². The Balaban J connectivity index is 3.51. The molecule has 0 radical (unpaired) electrons. The summed E-state index contributed by atoms with van der Waals surface area (Å²) in [4.78, 5) is 10.2. The lowest BCUT2D eigenvalue weighted by Crippen LogP contribution is -1.99. The zero-order chi connectivity index (χ0) is 9.30. The van der Waals surface area contributed by atoms with Crippen molar-refractivity contribution in [3.05, 3.63) is 32.7 Å². The third kappa shape index (κ3) is 1.45. The van der Waals surface area contributed by atoms with Gasteiger partial charge < -0.3 is 0 Å². The SMILES string of the molecule is O=Cc1c(I)cc(F)c(F)c1F. The van der Waals surface area contributed by atoms with Crippen LogP contribution in [0.1, 0.15) is 10.4 Å². The van der Waals surface area contributed by atoms with E-state index in [1.807, 2.05) is 0 Å². The molecule has 0 aliphatic carbocycles. The van der Waals surface area contributed by atoms with Crippen molar-refractivity contribution in [3.63, 3.8) is 0 Å². The highest BCUT2D eigenvalue weighted by Gasteiger charge is 2.16. The number of halogens is 4. The number of rotatable bonds is 1. The van der Waals surface area contributed by atoms with Gasteiger partial charge in [-0.2, -0.15) is 0 Å². The zero-order valence-electron chi connectivity index (χ0n) is 5.57. The van der Waals surface area contributed by atoms with Crippen molar-refractivity contribution in [2.45, 2.75) is 0 Å². The molecule has 0 saturated carbocycles. The first-order valence-electron chi connectivity index (χ1n) is 2.86. The van der Waals surface area contributed by atoms with Crippen LogP contribution in [0.4, 0.5) is 13.2 Å². The summed E-state index contributed by atoms with van der Waals surface area (Å²) in [5, 5.41) is 0. The van der Waals surface area contributed by atoms with Crippen LogP contribution in [0.2, 0.25) is 0 Å². The van der Waals surface area contributed by atoms with E-state index in [1.165, 1.54) is 0 Å². The standard InChI is InChI=1S/C7H2F3IO/c8-4-1-5(11)3(2-12)6(9)7(4)10/h1-2H. The number of benzene rings is 1. The second-order valence-corrected chi connectivity index (χ2v) is 3.16. The predicted octanol–water partition coefficient (Wildman–Crippen LogP) is 2.52. The van der Waals surface area contributed by atoms with Gasteiger partial charge in [-0.15, -0.1) is 0 Å². The van der Waals surface area contributed by atoms with Crippen molar-refractivity contribution >= 4 is 28.9 Å². The predicted molar refractivity (Wildman–Crippen MR) is 44.4 cm³/mol. The summed E-state index contributed by atoms with van der Waals surface area (Å²) in [7, 11) is 0. The Morgan fingerprint density at radius 3 is 2.33 bits per heavy atom. The summed E-state index contributed by atoms with van der Waals surface area (Å²) in [6, 6.07) is 0.767. The van der Waals surface area contributed by atoms with E-state index in [-0.39, 0.29) is 9.86 Å². The Kier molecular flexibility index (Phi) is 2.71. The Bertz CT molecular complexity index is 338. The molecular weight excluding hydrogens is 284 g/mol. The van der Waals surface area contributed by atoms with Crippen molar-refractivity contribution in [1.29, 1.82) is 0 Å². The quantitative estimate of drug-likeness (QED) is 0.335.